The SMILES string of the molecule is O=S(=O)(NCCF)c1ccc2c(c1)C(=NO)c1cc(S(=O)(=O)NCCF)ccc1-2. The van der Waals surface area contributed by atoms with Crippen LogP contribution < -0.4 is 9.44 Å². The van der Waals surface area contributed by atoms with Gasteiger partial charge in [0.25, 0.3) is 0 Å². The van der Waals surface area contributed by atoms with Crippen molar-refractivity contribution in [2.24, 2.45) is 5.16 Å². The number of hydrogen-bond donors (Lipinski definition) is 3. The highest BCUT2D eigenvalue weighted by Crippen LogP contribution is 2.39. The van der Waals surface area contributed by atoms with Crippen molar-refractivity contribution in [2.45, 2.75) is 9.79 Å². The normalized spacial score (nSPS) is 13.2. The van der Waals surface area contributed by atoms with Crippen molar-refractivity contribution in [1.29, 1.82) is 0 Å². The van der Waals surface area contributed by atoms with Crippen molar-refractivity contribution >= 4 is 25.8 Å². The highest BCUT2D eigenvalue weighted by atomic mass is 32.2. The Morgan fingerprint density at radius 1 is 0.759 bits per heavy atom. The lowest BCUT2D eigenvalue weighted by Crippen LogP contribution is -2.26. The van der Waals surface area contributed by atoms with E-state index in [-0.39, 0.29) is 39.7 Å². The van der Waals surface area contributed by atoms with Gasteiger partial charge in [-0.3, -0.25) is 0 Å². The van der Waals surface area contributed by atoms with Crippen LogP contribution in [0.3, 0.4) is 0 Å². The molecule has 1 aliphatic carbocycles. The summed E-state index contributed by atoms with van der Waals surface area (Å²) in [5.74, 6) is 0. The van der Waals surface area contributed by atoms with Gasteiger partial charge in [0, 0.05) is 24.2 Å². The van der Waals surface area contributed by atoms with Gasteiger partial charge in [0.2, 0.25) is 20.0 Å². The van der Waals surface area contributed by atoms with Crippen LogP contribution in [0.4, 0.5) is 8.78 Å². The minimum atomic E-state index is -3.97. The Kier molecular flexibility index (Phi) is 5.98. The van der Waals surface area contributed by atoms with Gasteiger partial charge in [-0.15, -0.1) is 0 Å². The van der Waals surface area contributed by atoms with Crippen LogP contribution in [0.5, 0.6) is 0 Å². The highest BCUT2D eigenvalue weighted by molar-refractivity contribution is 7.89. The highest BCUT2D eigenvalue weighted by Gasteiger charge is 2.29. The molecular weight excluding hydrogens is 428 g/mol. The number of benzene rings is 2. The fourth-order valence-corrected chi connectivity index (χ4v) is 5.07. The third-order valence-electron chi connectivity index (χ3n) is 4.28. The molecule has 2 aromatic rings. The van der Waals surface area contributed by atoms with Crippen molar-refractivity contribution in [1.82, 2.24) is 9.44 Å². The van der Waals surface area contributed by atoms with Gasteiger partial charge in [0.15, 0.2) is 0 Å². The van der Waals surface area contributed by atoms with Gasteiger partial charge in [-0.25, -0.2) is 35.1 Å². The fraction of sp³-hybridized carbons (Fsp3) is 0.235. The molecule has 0 saturated heterocycles. The number of nitrogens with zero attached hydrogens (tertiary/aromatic N) is 1. The molecular formula is C17H17F2N3O5S2. The maximum absolute atomic E-state index is 12.3. The second-order valence-corrected chi connectivity index (χ2v) is 9.57. The summed E-state index contributed by atoms with van der Waals surface area (Å²) in [4.78, 5) is -0.313. The third kappa shape index (κ3) is 4.01. The van der Waals surface area contributed by atoms with Crippen molar-refractivity contribution in [3.05, 3.63) is 47.5 Å². The molecule has 0 saturated carbocycles. The van der Waals surface area contributed by atoms with E-state index in [1.54, 1.807) is 0 Å². The molecule has 0 aliphatic heterocycles. The first-order valence-corrected chi connectivity index (χ1v) is 11.3. The van der Waals surface area contributed by atoms with Crippen molar-refractivity contribution in [3.8, 4) is 11.1 Å². The van der Waals surface area contributed by atoms with Gasteiger partial charge in [-0.1, -0.05) is 17.3 Å². The number of rotatable bonds is 8. The summed E-state index contributed by atoms with van der Waals surface area (Å²) in [7, 11) is -7.95. The monoisotopic (exact) mass is 445 g/mol. The molecule has 0 unspecified atom stereocenters. The van der Waals surface area contributed by atoms with Crippen LogP contribution in [0.1, 0.15) is 11.1 Å². The van der Waals surface area contributed by atoms with Crippen LogP contribution in [-0.4, -0.2) is 54.2 Å². The van der Waals surface area contributed by atoms with Crippen LogP contribution in [0, 0.1) is 0 Å². The van der Waals surface area contributed by atoms with E-state index in [1.165, 1.54) is 36.4 Å². The summed E-state index contributed by atoms with van der Waals surface area (Å²) in [6, 6.07) is 8.15. The topological polar surface area (TPSA) is 125 Å². The molecule has 12 heteroatoms. The minimum Gasteiger partial charge on any atom is -0.410 e. The Balaban J connectivity index is 2.07. The van der Waals surface area contributed by atoms with Crippen molar-refractivity contribution < 1.29 is 30.8 Å². The summed E-state index contributed by atoms with van der Waals surface area (Å²) >= 11 is 0. The zero-order chi connectivity index (χ0) is 21.2. The van der Waals surface area contributed by atoms with Crippen molar-refractivity contribution in [3.63, 3.8) is 0 Å². The smallest absolute Gasteiger partial charge is 0.240 e. The number of fused-ring (bicyclic) bond motifs is 3. The van der Waals surface area contributed by atoms with Crippen LogP contribution in [-0.2, 0) is 20.0 Å². The van der Waals surface area contributed by atoms with Gasteiger partial charge >= 0.3 is 0 Å². The summed E-state index contributed by atoms with van der Waals surface area (Å²) in [5, 5.41) is 12.7. The van der Waals surface area contributed by atoms with E-state index < -0.39 is 33.4 Å². The molecule has 156 valence electrons. The Labute approximate surface area is 166 Å². The number of oxime groups is 1. The van der Waals surface area contributed by atoms with E-state index >= 15 is 0 Å². The van der Waals surface area contributed by atoms with Gasteiger partial charge in [-0.2, -0.15) is 0 Å². The number of alkyl halides is 2. The molecule has 0 heterocycles. The van der Waals surface area contributed by atoms with Crippen molar-refractivity contribution in [2.75, 3.05) is 26.4 Å². The molecule has 0 fully saturated rings. The van der Waals surface area contributed by atoms with E-state index in [4.69, 9.17) is 0 Å². The Morgan fingerprint density at radius 2 is 1.17 bits per heavy atom. The second kappa shape index (κ2) is 8.14. The molecule has 1 aliphatic rings. The summed E-state index contributed by atoms with van der Waals surface area (Å²) < 4.78 is 77.8. The van der Waals surface area contributed by atoms with E-state index in [0.29, 0.717) is 11.1 Å². The number of sulfonamides is 2. The first-order valence-electron chi connectivity index (χ1n) is 8.37. The molecule has 3 rings (SSSR count). The quantitative estimate of drug-likeness (QED) is 0.357. The van der Waals surface area contributed by atoms with Crippen LogP contribution in [0.25, 0.3) is 11.1 Å². The lowest BCUT2D eigenvalue weighted by molar-refractivity contribution is 0.320. The maximum atomic E-state index is 12.3. The fourth-order valence-electron chi connectivity index (χ4n) is 3.01. The Bertz CT molecular complexity index is 1090. The van der Waals surface area contributed by atoms with Gasteiger partial charge in [-0.05, 0) is 35.4 Å². The molecule has 0 aromatic heterocycles. The van der Waals surface area contributed by atoms with E-state index in [2.05, 4.69) is 14.6 Å². The predicted octanol–water partition coefficient (Wildman–Crippen LogP) is 1.39. The standard InChI is InChI=1S/C17H17F2N3O5S2/c18-5-7-20-28(24,25)11-1-3-13-14-4-2-12(29(26,27)21-8-6-19)10-16(14)17(22-23)15(13)9-11/h1-4,9-10,20-21,23H,5-8H2. The number of hydrogen-bond acceptors (Lipinski definition) is 6. The maximum Gasteiger partial charge on any atom is 0.240 e. The van der Waals surface area contributed by atoms with Crippen LogP contribution in [0.15, 0.2) is 51.3 Å². The molecule has 2 aromatic carbocycles. The zero-order valence-corrected chi connectivity index (χ0v) is 16.5. The van der Waals surface area contributed by atoms with E-state index in [0.717, 1.165) is 0 Å². The molecule has 0 atom stereocenters. The van der Waals surface area contributed by atoms with E-state index in [1.807, 2.05) is 0 Å². The summed E-state index contributed by atoms with van der Waals surface area (Å²) in [5.41, 5.74) is 1.62. The number of halogens is 2. The summed E-state index contributed by atoms with van der Waals surface area (Å²) in [6.07, 6.45) is 0. The first-order chi connectivity index (χ1) is 13.7. The zero-order valence-electron chi connectivity index (χ0n) is 14.9. The van der Waals surface area contributed by atoms with Crippen LogP contribution in [0.2, 0.25) is 0 Å². The molecule has 0 bridgehead atoms. The second-order valence-electron chi connectivity index (χ2n) is 6.04. The lowest BCUT2D eigenvalue weighted by Gasteiger charge is -2.07. The Morgan fingerprint density at radius 3 is 1.52 bits per heavy atom. The molecule has 8 nitrogen and oxygen atoms in total. The first kappa shape index (κ1) is 21.3. The minimum absolute atomic E-state index is 0.0138. The molecule has 29 heavy (non-hydrogen) atoms. The predicted molar refractivity (Wildman–Crippen MR) is 102 cm³/mol. The lowest BCUT2D eigenvalue weighted by atomic mass is 10.1. The Hall–Kier alpha value is -2.41. The molecule has 0 amide bonds. The largest absolute Gasteiger partial charge is 0.410 e. The average molecular weight is 445 g/mol. The number of nitrogens with one attached hydrogen (secondary N) is 2. The average Bonchev–Trinajstić information content (AvgIpc) is 3.03. The molecule has 0 radical (unpaired) electrons. The molecule has 3 N–H and O–H groups in total. The summed E-state index contributed by atoms with van der Waals surface area (Å²) in [6.45, 7) is -2.50. The van der Waals surface area contributed by atoms with Gasteiger partial charge in [0.05, 0.1) is 9.79 Å². The van der Waals surface area contributed by atoms with Gasteiger partial charge in [0.1, 0.15) is 19.1 Å². The third-order valence-corrected chi connectivity index (χ3v) is 7.19. The van der Waals surface area contributed by atoms with E-state index in [9.17, 15) is 30.8 Å². The van der Waals surface area contributed by atoms with Crippen LogP contribution >= 0.6 is 0 Å². The van der Waals surface area contributed by atoms with Gasteiger partial charge < -0.3 is 5.21 Å². The molecule has 0 spiro atoms.